The topological polar surface area (TPSA) is 112 Å². The molecule has 1 aliphatic heterocycles. The Bertz CT molecular complexity index is 1260. The summed E-state index contributed by atoms with van der Waals surface area (Å²) >= 11 is 6.34. The van der Waals surface area contributed by atoms with Gasteiger partial charge in [-0.1, -0.05) is 17.7 Å². The van der Waals surface area contributed by atoms with E-state index in [1.54, 1.807) is 6.07 Å². The molecule has 0 bridgehead atoms. The van der Waals surface area contributed by atoms with Crippen LogP contribution in [0.2, 0.25) is 5.02 Å². The molecule has 0 aliphatic carbocycles. The fraction of sp³-hybridized carbons (Fsp3) is 0.292. The van der Waals surface area contributed by atoms with Crippen molar-refractivity contribution in [2.75, 3.05) is 30.5 Å². The summed E-state index contributed by atoms with van der Waals surface area (Å²) in [5, 5.41) is 23.7. The number of aliphatic hydroxyl groups excluding tert-OH is 1. The Balaban J connectivity index is 1.62. The van der Waals surface area contributed by atoms with Gasteiger partial charge in [0.15, 0.2) is 0 Å². The Morgan fingerprint density at radius 3 is 2.77 bits per heavy atom. The highest BCUT2D eigenvalue weighted by Gasteiger charge is 2.26. The molecule has 1 unspecified atom stereocenters. The van der Waals surface area contributed by atoms with Gasteiger partial charge in [0.05, 0.1) is 47.4 Å². The zero-order valence-corrected chi connectivity index (χ0v) is 19.4. The molecule has 4 N–H and O–H groups in total. The highest BCUT2D eigenvalue weighted by atomic mass is 35.5. The van der Waals surface area contributed by atoms with Crippen molar-refractivity contribution in [1.29, 1.82) is 5.41 Å². The molecule has 184 valence electrons. The lowest BCUT2D eigenvalue weighted by Gasteiger charge is -2.22. The molecule has 11 heteroatoms. The molecule has 1 fully saturated rings. The van der Waals surface area contributed by atoms with Gasteiger partial charge < -0.3 is 25.9 Å². The molecule has 0 spiro atoms. The predicted molar refractivity (Wildman–Crippen MR) is 130 cm³/mol. The summed E-state index contributed by atoms with van der Waals surface area (Å²) < 4.78 is 34.6. The van der Waals surface area contributed by atoms with Crippen LogP contribution in [0.4, 0.5) is 20.3 Å². The van der Waals surface area contributed by atoms with Crippen LogP contribution in [-0.2, 0) is 11.3 Å². The van der Waals surface area contributed by atoms with Crippen LogP contribution < -0.4 is 16.2 Å². The van der Waals surface area contributed by atoms with Crippen LogP contribution in [0.5, 0.6) is 0 Å². The normalized spacial score (nSPS) is 16.2. The monoisotopic (exact) mass is 503 g/mol. The van der Waals surface area contributed by atoms with E-state index in [4.69, 9.17) is 21.7 Å². The molecule has 3 heterocycles. The summed E-state index contributed by atoms with van der Waals surface area (Å²) in [6.07, 6.45) is 4.53. The van der Waals surface area contributed by atoms with Gasteiger partial charge in [0.1, 0.15) is 17.5 Å². The van der Waals surface area contributed by atoms with Crippen molar-refractivity contribution < 1.29 is 18.6 Å². The van der Waals surface area contributed by atoms with Crippen molar-refractivity contribution >= 4 is 29.3 Å². The molecule has 35 heavy (non-hydrogen) atoms. The van der Waals surface area contributed by atoms with E-state index in [-0.39, 0.29) is 46.9 Å². The Morgan fingerprint density at radius 1 is 1.34 bits per heavy atom. The number of aliphatic hydroxyl groups is 1. The van der Waals surface area contributed by atoms with Gasteiger partial charge in [0.25, 0.3) is 5.56 Å². The molecule has 0 saturated carbocycles. The number of halogens is 3. The van der Waals surface area contributed by atoms with Gasteiger partial charge in [-0.05, 0) is 24.6 Å². The van der Waals surface area contributed by atoms with Crippen LogP contribution in [0.25, 0.3) is 5.69 Å². The molecule has 1 aromatic carbocycles. The fourth-order valence-electron chi connectivity index (χ4n) is 3.98. The molecular weight excluding hydrogens is 480 g/mol. The second kappa shape index (κ2) is 10.9. The van der Waals surface area contributed by atoms with Gasteiger partial charge in [0.2, 0.25) is 0 Å². The summed E-state index contributed by atoms with van der Waals surface area (Å²) in [5.74, 6) is -0.888. The lowest BCUT2D eigenvalue weighted by atomic mass is 10.00. The number of pyridine rings is 2. The van der Waals surface area contributed by atoms with Crippen molar-refractivity contribution in [1.82, 2.24) is 9.55 Å². The molecule has 1 aliphatic rings. The van der Waals surface area contributed by atoms with Gasteiger partial charge in [0, 0.05) is 43.1 Å². The zero-order valence-electron chi connectivity index (χ0n) is 18.6. The Kier molecular flexibility index (Phi) is 7.74. The number of anilines is 2. The highest BCUT2D eigenvalue weighted by Crippen LogP contribution is 2.25. The van der Waals surface area contributed by atoms with Crippen LogP contribution in [-0.4, -0.2) is 46.7 Å². The van der Waals surface area contributed by atoms with Crippen LogP contribution in [0.3, 0.4) is 0 Å². The van der Waals surface area contributed by atoms with Gasteiger partial charge in [-0.2, -0.15) is 0 Å². The summed E-state index contributed by atoms with van der Waals surface area (Å²) in [7, 11) is 0. The second-order valence-corrected chi connectivity index (χ2v) is 8.50. The van der Waals surface area contributed by atoms with E-state index in [0.717, 1.165) is 24.8 Å². The molecular formula is C24H24ClF2N5O3. The van der Waals surface area contributed by atoms with E-state index in [0.29, 0.717) is 24.7 Å². The number of nitrogens with zero attached hydrogens (tertiary/aromatic N) is 2. The Hall–Kier alpha value is -3.34. The van der Waals surface area contributed by atoms with Crippen molar-refractivity contribution in [3.63, 3.8) is 0 Å². The number of hydrogen-bond donors (Lipinski definition) is 4. The minimum atomic E-state index is -0.712. The number of rotatable bonds is 9. The number of nitrogens with one attached hydrogen (secondary N) is 3. The number of benzene rings is 1. The summed E-state index contributed by atoms with van der Waals surface area (Å²) in [6.45, 7) is 0.842. The van der Waals surface area contributed by atoms with Crippen LogP contribution in [0.15, 0.2) is 47.5 Å². The van der Waals surface area contributed by atoms with E-state index in [9.17, 15) is 18.7 Å². The maximum absolute atomic E-state index is 14.0. The average Bonchev–Trinajstić information content (AvgIpc) is 3.38. The third-order valence-corrected chi connectivity index (χ3v) is 6.24. The van der Waals surface area contributed by atoms with Gasteiger partial charge >= 0.3 is 0 Å². The van der Waals surface area contributed by atoms with Gasteiger partial charge in [-0.3, -0.25) is 9.36 Å². The fourth-order valence-corrected chi connectivity index (χ4v) is 4.18. The van der Waals surface area contributed by atoms with E-state index < -0.39 is 17.2 Å². The Labute approximate surface area is 205 Å². The third-order valence-electron chi connectivity index (χ3n) is 5.95. The minimum absolute atomic E-state index is 0.0111. The summed E-state index contributed by atoms with van der Waals surface area (Å²) in [4.78, 5) is 17.4. The van der Waals surface area contributed by atoms with Crippen LogP contribution in [0, 0.1) is 23.0 Å². The standard InChI is InChI=1S/C24H24ClF2N5O3/c25-17-11-30-23(31-21(12-33)14-5-7-35-13-14)8-22(17)32-6-4-20(15(9-28)24(32)34)29-10-16-18(26)2-1-3-19(16)27/h1-4,6,8-9,11,14,21,28-29,33H,5,7,10,12-13H2,(H,30,31)/t14?,21-/m0/s1. The molecule has 1 saturated heterocycles. The lowest BCUT2D eigenvalue weighted by molar-refractivity contribution is 0.169. The van der Waals surface area contributed by atoms with Crippen LogP contribution >= 0.6 is 11.6 Å². The summed E-state index contributed by atoms with van der Waals surface area (Å²) in [6, 6.07) is 6.39. The first-order valence-corrected chi connectivity index (χ1v) is 11.3. The first kappa shape index (κ1) is 24.8. The highest BCUT2D eigenvalue weighted by molar-refractivity contribution is 6.32. The average molecular weight is 504 g/mol. The quantitative estimate of drug-likeness (QED) is 0.332. The van der Waals surface area contributed by atoms with Gasteiger partial charge in [-0.15, -0.1) is 0 Å². The molecule has 3 aromatic rings. The molecule has 0 radical (unpaired) electrons. The molecule has 2 atom stereocenters. The van der Waals surface area contributed by atoms with Crippen molar-refractivity contribution in [3.8, 4) is 5.69 Å². The van der Waals surface area contributed by atoms with E-state index in [2.05, 4.69) is 15.6 Å². The van der Waals surface area contributed by atoms with Gasteiger partial charge in [-0.25, -0.2) is 13.8 Å². The number of ether oxygens (including phenoxy) is 1. The number of aromatic nitrogens is 2. The van der Waals surface area contributed by atoms with Crippen molar-refractivity contribution in [2.24, 2.45) is 5.92 Å². The third kappa shape index (κ3) is 5.34. The lowest BCUT2D eigenvalue weighted by Crippen LogP contribution is -2.33. The molecule has 8 nitrogen and oxygen atoms in total. The van der Waals surface area contributed by atoms with E-state index >= 15 is 0 Å². The Morgan fingerprint density at radius 2 is 2.11 bits per heavy atom. The summed E-state index contributed by atoms with van der Waals surface area (Å²) in [5.41, 5.74) is -0.173. The SMILES string of the molecule is N=Cc1c(NCc2c(F)cccc2F)ccn(-c2cc(N[C@@H](CO)C3CCOC3)ncc2Cl)c1=O. The zero-order chi connectivity index (χ0) is 24.9. The smallest absolute Gasteiger partial charge is 0.266 e. The first-order valence-electron chi connectivity index (χ1n) is 11.0. The van der Waals surface area contributed by atoms with Crippen LogP contribution in [0.1, 0.15) is 17.5 Å². The molecule has 4 rings (SSSR count). The molecule has 0 amide bonds. The van der Waals surface area contributed by atoms with Crippen molar-refractivity contribution in [3.05, 3.63) is 80.9 Å². The molecule has 2 aromatic heterocycles. The van der Waals surface area contributed by atoms with E-state index in [1.165, 1.54) is 29.1 Å². The number of hydrogen-bond acceptors (Lipinski definition) is 7. The predicted octanol–water partition coefficient (Wildman–Crippen LogP) is 3.58. The van der Waals surface area contributed by atoms with E-state index in [1.807, 2.05) is 0 Å². The largest absolute Gasteiger partial charge is 0.394 e. The second-order valence-electron chi connectivity index (χ2n) is 8.09. The maximum Gasteiger partial charge on any atom is 0.266 e. The first-order chi connectivity index (χ1) is 16.9. The maximum atomic E-state index is 14.0. The minimum Gasteiger partial charge on any atom is -0.394 e. The van der Waals surface area contributed by atoms with Crippen molar-refractivity contribution in [2.45, 2.75) is 19.0 Å².